The van der Waals surface area contributed by atoms with E-state index in [0.717, 1.165) is 5.56 Å². The van der Waals surface area contributed by atoms with Crippen LogP contribution >= 0.6 is 11.6 Å². The molecule has 30 heavy (non-hydrogen) atoms. The third-order valence-corrected chi connectivity index (χ3v) is 7.32. The van der Waals surface area contributed by atoms with Gasteiger partial charge in [0.25, 0.3) is 0 Å². The molecule has 0 aliphatic carbocycles. The van der Waals surface area contributed by atoms with Gasteiger partial charge in [0.1, 0.15) is 11.5 Å². The maximum absolute atomic E-state index is 13.0. The van der Waals surface area contributed by atoms with Crippen LogP contribution in [0.4, 0.5) is 0 Å². The number of carbonyl (C=O) groups excluding carboxylic acids is 1. The normalized spacial score (nSPS) is 17.4. The van der Waals surface area contributed by atoms with Crippen molar-refractivity contribution < 1.29 is 22.7 Å². The number of hydrogen-bond donors (Lipinski definition) is 1. The van der Waals surface area contributed by atoms with Gasteiger partial charge in [-0.2, -0.15) is 4.31 Å². The Hall–Kier alpha value is -2.29. The molecule has 1 N–H and O–H groups in total. The summed E-state index contributed by atoms with van der Waals surface area (Å²) in [7, 11) is -0.715. The second-order valence-electron chi connectivity index (χ2n) is 7.03. The second-order valence-corrected chi connectivity index (χ2v) is 9.37. The molecule has 1 aliphatic rings. The number of rotatable bonds is 7. The van der Waals surface area contributed by atoms with Crippen LogP contribution in [0.3, 0.4) is 0 Å². The maximum Gasteiger partial charge on any atom is 0.243 e. The van der Waals surface area contributed by atoms with Gasteiger partial charge in [-0.1, -0.05) is 29.8 Å². The third-order valence-electron chi connectivity index (χ3n) is 5.16. The van der Waals surface area contributed by atoms with E-state index in [-0.39, 0.29) is 22.4 Å². The summed E-state index contributed by atoms with van der Waals surface area (Å²) in [6, 6.07) is 11.8. The topological polar surface area (TPSA) is 84.9 Å². The second kappa shape index (κ2) is 9.68. The van der Waals surface area contributed by atoms with Crippen LogP contribution in [-0.2, 0) is 21.4 Å². The van der Waals surface area contributed by atoms with Gasteiger partial charge in [-0.3, -0.25) is 4.79 Å². The summed E-state index contributed by atoms with van der Waals surface area (Å²) < 4.78 is 37.8. The van der Waals surface area contributed by atoms with Crippen molar-refractivity contribution in [2.75, 3.05) is 27.3 Å². The van der Waals surface area contributed by atoms with Gasteiger partial charge in [0.15, 0.2) is 0 Å². The Bertz CT molecular complexity index is 1010. The number of piperidine rings is 1. The highest BCUT2D eigenvalue weighted by Gasteiger charge is 2.33. The first-order valence-electron chi connectivity index (χ1n) is 9.60. The highest BCUT2D eigenvalue weighted by Crippen LogP contribution is 2.30. The summed E-state index contributed by atoms with van der Waals surface area (Å²) in [4.78, 5) is 12.8. The van der Waals surface area contributed by atoms with E-state index in [0.29, 0.717) is 37.4 Å². The minimum atomic E-state index is -3.76. The summed E-state index contributed by atoms with van der Waals surface area (Å²) in [6.45, 7) is 0.812. The lowest BCUT2D eigenvalue weighted by Gasteiger charge is -2.31. The predicted molar refractivity (Wildman–Crippen MR) is 114 cm³/mol. The van der Waals surface area contributed by atoms with Gasteiger partial charge in [0.2, 0.25) is 15.9 Å². The zero-order valence-corrected chi connectivity index (χ0v) is 18.5. The molecule has 1 fully saturated rings. The minimum absolute atomic E-state index is 0.0865. The van der Waals surface area contributed by atoms with Crippen molar-refractivity contribution in [2.24, 2.45) is 5.92 Å². The fraction of sp³-hybridized carbons (Fsp3) is 0.381. The van der Waals surface area contributed by atoms with Crippen LogP contribution in [0.1, 0.15) is 18.4 Å². The lowest BCUT2D eigenvalue weighted by Crippen LogP contribution is -2.45. The number of amides is 1. The summed E-state index contributed by atoms with van der Waals surface area (Å²) in [5.74, 6) is 0.510. The van der Waals surface area contributed by atoms with Crippen molar-refractivity contribution in [3.05, 3.63) is 53.1 Å². The van der Waals surface area contributed by atoms with Gasteiger partial charge >= 0.3 is 0 Å². The van der Waals surface area contributed by atoms with Gasteiger partial charge in [0, 0.05) is 25.2 Å². The summed E-state index contributed by atoms with van der Waals surface area (Å²) in [5.41, 5.74) is 0.863. The number of benzene rings is 2. The monoisotopic (exact) mass is 452 g/mol. The van der Waals surface area contributed by atoms with E-state index in [2.05, 4.69) is 5.32 Å². The molecule has 7 nitrogen and oxygen atoms in total. The molecule has 0 saturated carbocycles. The van der Waals surface area contributed by atoms with E-state index in [1.165, 1.54) is 29.6 Å². The molecule has 1 aliphatic heterocycles. The van der Waals surface area contributed by atoms with Gasteiger partial charge in [-0.25, -0.2) is 8.42 Å². The molecule has 9 heteroatoms. The molecule has 0 aromatic heterocycles. The molecule has 2 aromatic rings. The van der Waals surface area contributed by atoms with E-state index in [1.807, 2.05) is 24.3 Å². The maximum atomic E-state index is 13.0. The standard InChI is InChI=1S/C21H25ClN2O5S/c1-28-19-8-4-3-6-15(19)13-23-21(25)16-7-5-11-24(14-16)30(26,27)17-9-10-20(29-2)18(22)12-17/h3-4,6,8-10,12,16H,5,7,11,13-14H2,1-2H3,(H,23,25)/t16-/m1/s1. The zero-order chi connectivity index (χ0) is 21.7. The van der Waals surface area contributed by atoms with E-state index < -0.39 is 15.9 Å². The first-order chi connectivity index (χ1) is 14.4. The van der Waals surface area contributed by atoms with Gasteiger partial charge in [-0.05, 0) is 37.1 Å². The first-order valence-corrected chi connectivity index (χ1v) is 11.4. The molecule has 0 unspecified atom stereocenters. The Labute approximate surface area is 182 Å². The molecular formula is C21H25ClN2O5S. The molecular weight excluding hydrogens is 428 g/mol. The number of halogens is 1. The molecule has 1 atom stereocenters. The van der Waals surface area contributed by atoms with Gasteiger partial charge in [0.05, 0.1) is 30.1 Å². The van der Waals surface area contributed by atoms with Crippen molar-refractivity contribution in [3.8, 4) is 11.5 Å². The third kappa shape index (κ3) is 4.88. The number of nitrogens with zero attached hydrogens (tertiary/aromatic N) is 1. The highest BCUT2D eigenvalue weighted by atomic mass is 35.5. The van der Waals surface area contributed by atoms with Crippen LogP contribution in [0, 0.1) is 5.92 Å². The van der Waals surface area contributed by atoms with E-state index in [4.69, 9.17) is 21.1 Å². The largest absolute Gasteiger partial charge is 0.496 e. The Morgan fingerprint density at radius 3 is 2.60 bits per heavy atom. The van der Waals surface area contributed by atoms with Crippen molar-refractivity contribution >= 4 is 27.5 Å². The Kier molecular flexibility index (Phi) is 7.23. The van der Waals surface area contributed by atoms with Crippen LogP contribution in [-0.4, -0.2) is 45.9 Å². The quantitative estimate of drug-likeness (QED) is 0.697. The van der Waals surface area contributed by atoms with Gasteiger partial charge < -0.3 is 14.8 Å². The summed E-state index contributed by atoms with van der Waals surface area (Å²) >= 11 is 6.10. The molecule has 1 amide bonds. The fourth-order valence-electron chi connectivity index (χ4n) is 3.51. The molecule has 3 rings (SSSR count). The molecule has 0 bridgehead atoms. The van der Waals surface area contributed by atoms with Crippen LogP contribution in [0.15, 0.2) is 47.4 Å². The summed E-state index contributed by atoms with van der Waals surface area (Å²) in [6.07, 6.45) is 1.24. The average molecular weight is 453 g/mol. The van der Waals surface area contributed by atoms with Crippen LogP contribution in [0.25, 0.3) is 0 Å². The smallest absolute Gasteiger partial charge is 0.243 e. The lowest BCUT2D eigenvalue weighted by molar-refractivity contribution is -0.126. The van der Waals surface area contributed by atoms with Crippen LogP contribution in [0.2, 0.25) is 5.02 Å². The molecule has 1 heterocycles. The molecule has 2 aromatic carbocycles. The Balaban J connectivity index is 1.68. The summed E-state index contributed by atoms with van der Waals surface area (Å²) in [5, 5.41) is 3.13. The molecule has 1 saturated heterocycles. The van der Waals surface area contributed by atoms with E-state index >= 15 is 0 Å². The predicted octanol–water partition coefficient (Wildman–Crippen LogP) is 3.07. The molecule has 0 radical (unpaired) electrons. The van der Waals surface area contributed by atoms with Crippen molar-refractivity contribution in [1.29, 1.82) is 0 Å². The number of carbonyl (C=O) groups is 1. The minimum Gasteiger partial charge on any atom is -0.496 e. The number of ether oxygens (including phenoxy) is 2. The SMILES string of the molecule is COc1ccc(S(=O)(=O)N2CCC[C@@H](C(=O)NCc3ccccc3OC)C2)cc1Cl. The van der Waals surface area contributed by atoms with Gasteiger partial charge in [-0.15, -0.1) is 0 Å². The fourth-order valence-corrected chi connectivity index (χ4v) is 5.38. The Morgan fingerprint density at radius 2 is 1.90 bits per heavy atom. The zero-order valence-electron chi connectivity index (χ0n) is 16.9. The van der Waals surface area contributed by atoms with Crippen LogP contribution < -0.4 is 14.8 Å². The lowest BCUT2D eigenvalue weighted by atomic mass is 9.98. The number of para-hydroxylation sites is 1. The number of methoxy groups -OCH3 is 2. The Morgan fingerprint density at radius 1 is 1.17 bits per heavy atom. The van der Waals surface area contributed by atoms with Crippen molar-refractivity contribution in [2.45, 2.75) is 24.3 Å². The highest BCUT2D eigenvalue weighted by molar-refractivity contribution is 7.89. The first kappa shape index (κ1) is 22.4. The number of hydrogen-bond acceptors (Lipinski definition) is 5. The molecule has 162 valence electrons. The number of sulfonamides is 1. The molecule has 0 spiro atoms. The van der Waals surface area contributed by atoms with Crippen molar-refractivity contribution in [3.63, 3.8) is 0 Å². The average Bonchev–Trinajstić information content (AvgIpc) is 2.77. The number of nitrogens with one attached hydrogen (secondary N) is 1. The van der Waals surface area contributed by atoms with E-state index in [1.54, 1.807) is 7.11 Å². The van der Waals surface area contributed by atoms with Crippen LogP contribution in [0.5, 0.6) is 11.5 Å². The van der Waals surface area contributed by atoms with Crippen molar-refractivity contribution in [1.82, 2.24) is 9.62 Å². The van der Waals surface area contributed by atoms with E-state index in [9.17, 15) is 13.2 Å².